The first-order valence-corrected chi connectivity index (χ1v) is 14.3. The molecule has 1 fully saturated rings. The average Bonchev–Trinajstić information content (AvgIpc) is 3.55. The molecule has 0 bridgehead atoms. The first kappa shape index (κ1) is 28.5. The lowest BCUT2D eigenvalue weighted by Crippen LogP contribution is -2.48. The number of anilines is 2. The van der Waals surface area contributed by atoms with Gasteiger partial charge in [-0.05, 0) is 48.9 Å². The molecule has 4 aromatic rings. The van der Waals surface area contributed by atoms with Crippen molar-refractivity contribution in [3.63, 3.8) is 0 Å². The summed E-state index contributed by atoms with van der Waals surface area (Å²) in [7, 11) is 0. The zero-order valence-corrected chi connectivity index (χ0v) is 23.9. The molecule has 1 amide bonds. The van der Waals surface area contributed by atoms with Crippen LogP contribution in [0.4, 0.5) is 24.5 Å². The van der Waals surface area contributed by atoms with Gasteiger partial charge in [-0.3, -0.25) is 14.6 Å². The van der Waals surface area contributed by atoms with Crippen LogP contribution < -0.4 is 9.96 Å². The number of aryl methyl sites for hydroxylation is 1. The summed E-state index contributed by atoms with van der Waals surface area (Å²) in [6.45, 7) is 6.17. The van der Waals surface area contributed by atoms with E-state index in [1.165, 1.54) is 11.0 Å². The van der Waals surface area contributed by atoms with E-state index in [0.29, 0.717) is 39.9 Å². The molecule has 2 aliphatic rings. The number of hydrogen-bond acceptors (Lipinski definition) is 8. The molecule has 0 atom stereocenters. The second-order valence-corrected chi connectivity index (χ2v) is 11.4. The van der Waals surface area contributed by atoms with Gasteiger partial charge in [0.2, 0.25) is 0 Å². The number of hydroxylamine groups is 1. The van der Waals surface area contributed by atoms with Gasteiger partial charge in [-0.1, -0.05) is 23.7 Å². The van der Waals surface area contributed by atoms with Gasteiger partial charge in [0.25, 0.3) is 5.91 Å². The molecule has 0 radical (unpaired) electrons. The maximum absolute atomic E-state index is 13.7. The lowest BCUT2D eigenvalue weighted by Gasteiger charge is -2.34. The smallest absolute Gasteiger partial charge is 0.379 e. The van der Waals surface area contributed by atoms with E-state index >= 15 is 0 Å². The number of nitrogens with zero attached hydrogens (tertiary/aromatic N) is 5. The van der Waals surface area contributed by atoms with E-state index in [9.17, 15) is 22.8 Å². The molecule has 1 saturated heterocycles. The average molecular weight is 620 g/mol. The molecule has 0 aliphatic carbocycles. The summed E-state index contributed by atoms with van der Waals surface area (Å²) < 4.78 is 47.0. The molecule has 220 valence electrons. The van der Waals surface area contributed by atoms with Crippen molar-refractivity contribution in [2.45, 2.75) is 19.6 Å². The Bertz CT molecular complexity index is 1650. The topological polar surface area (TPSA) is 80.1 Å². The standard InChI is InChI=1S/C28H25ClF3N5O4S/c1-17-33-21-14-20(6-7-22(21)35(17)9-8-34-10-12-40-13-11-34)36-16-37(41-27(39)28(30,31)32)23-15-24(42-25(23)26(36)38)18-2-4-19(29)5-3-18/h2-7,14-15H,8-13,16H2,1H3. The van der Waals surface area contributed by atoms with E-state index in [1.54, 1.807) is 36.4 Å². The number of imidazole rings is 1. The fourth-order valence-corrected chi connectivity index (χ4v) is 6.28. The van der Waals surface area contributed by atoms with E-state index in [2.05, 4.69) is 14.5 Å². The van der Waals surface area contributed by atoms with Gasteiger partial charge < -0.3 is 14.1 Å². The number of rotatable bonds is 6. The van der Waals surface area contributed by atoms with Crippen molar-refractivity contribution >= 4 is 57.2 Å². The van der Waals surface area contributed by atoms with Crippen LogP contribution in [-0.4, -0.2) is 72.0 Å². The molecule has 0 unspecified atom stereocenters. The second kappa shape index (κ2) is 11.2. The first-order chi connectivity index (χ1) is 20.1. The maximum Gasteiger partial charge on any atom is 0.493 e. The van der Waals surface area contributed by atoms with Crippen LogP contribution in [0.25, 0.3) is 21.5 Å². The summed E-state index contributed by atoms with van der Waals surface area (Å²) in [5.41, 5.74) is 2.70. The van der Waals surface area contributed by atoms with Gasteiger partial charge >= 0.3 is 12.1 Å². The number of hydrogen-bond donors (Lipinski definition) is 0. The van der Waals surface area contributed by atoms with E-state index in [1.807, 2.05) is 13.0 Å². The summed E-state index contributed by atoms with van der Waals surface area (Å²) in [5, 5.41) is 1.32. The molecule has 9 nitrogen and oxygen atoms in total. The molecular formula is C28H25ClF3N5O4S. The van der Waals surface area contributed by atoms with Crippen LogP contribution in [0.1, 0.15) is 15.5 Å². The van der Waals surface area contributed by atoms with E-state index < -0.39 is 24.7 Å². The largest absolute Gasteiger partial charge is 0.493 e. The van der Waals surface area contributed by atoms with Crippen molar-refractivity contribution in [1.82, 2.24) is 14.5 Å². The molecule has 6 rings (SSSR count). The van der Waals surface area contributed by atoms with Gasteiger partial charge in [0.15, 0.2) is 0 Å². The van der Waals surface area contributed by atoms with E-state index in [0.717, 1.165) is 53.9 Å². The molecule has 2 aliphatic heterocycles. The Kier molecular flexibility index (Phi) is 7.60. The Balaban J connectivity index is 1.32. The van der Waals surface area contributed by atoms with Crippen molar-refractivity contribution in [3.05, 3.63) is 64.3 Å². The quantitative estimate of drug-likeness (QED) is 0.282. The fourth-order valence-electron chi connectivity index (χ4n) is 5.05. The summed E-state index contributed by atoms with van der Waals surface area (Å²) in [6, 6.07) is 13.6. The van der Waals surface area contributed by atoms with Gasteiger partial charge in [0.05, 0.1) is 24.2 Å². The zero-order chi connectivity index (χ0) is 29.6. The summed E-state index contributed by atoms with van der Waals surface area (Å²) in [5.74, 6) is -2.02. The van der Waals surface area contributed by atoms with Crippen LogP contribution in [0.3, 0.4) is 0 Å². The number of thiophene rings is 1. The fraction of sp³-hybridized carbons (Fsp3) is 0.321. The Morgan fingerprint density at radius 3 is 2.55 bits per heavy atom. The number of morpholine rings is 1. The Hall–Kier alpha value is -3.65. The minimum Gasteiger partial charge on any atom is -0.379 e. The lowest BCUT2D eigenvalue weighted by molar-refractivity contribution is -0.201. The third-order valence-corrected chi connectivity index (χ3v) is 8.63. The number of carbonyl (C=O) groups excluding carboxylic acids is 2. The molecule has 0 N–H and O–H groups in total. The molecule has 2 aromatic heterocycles. The highest BCUT2D eigenvalue weighted by Crippen LogP contribution is 2.42. The molecule has 0 spiro atoms. The van der Waals surface area contributed by atoms with Crippen LogP contribution in [0.2, 0.25) is 5.02 Å². The number of alkyl halides is 3. The predicted octanol–water partition coefficient (Wildman–Crippen LogP) is 5.50. The second-order valence-electron chi connectivity index (χ2n) is 9.90. The molecule has 4 heterocycles. The number of halogens is 4. The van der Waals surface area contributed by atoms with Gasteiger partial charge in [-0.15, -0.1) is 11.3 Å². The van der Waals surface area contributed by atoms with Crippen molar-refractivity contribution in [3.8, 4) is 10.4 Å². The number of amides is 1. The van der Waals surface area contributed by atoms with E-state index in [4.69, 9.17) is 21.2 Å². The summed E-state index contributed by atoms with van der Waals surface area (Å²) in [4.78, 5) is 39.3. The van der Waals surface area contributed by atoms with Gasteiger partial charge in [0.1, 0.15) is 23.1 Å². The van der Waals surface area contributed by atoms with Crippen LogP contribution in [0, 0.1) is 6.92 Å². The SMILES string of the molecule is Cc1nc2cc(N3CN(OC(=O)C(F)(F)F)c4cc(-c5ccc(Cl)cc5)sc4C3=O)ccc2n1CCN1CCOCC1. The highest BCUT2D eigenvalue weighted by molar-refractivity contribution is 7.18. The number of ether oxygens (including phenoxy) is 1. The Morgan fingerprint density at radius 1 is 1.10 bits per heavy atom. The van der Waals surface area contributed by atoms with Gasteiger partial charge in [0, 0.05) is 41.8 Å². The molecule has 0 saturated carbocycles. The first-order valence-electron chi connectivity index (χ1n) is 13.1. The van der Waals surface area contributed by atoms with Gasteiger partial charge in [-0.2, -0.15) is 18.2 Å². The summed E-state index contributed by atoms with van der Waals surface area (Å²) >= 11 is 7.08. The zero-order valence-electron chi connectivity index (χ0n) is 22.4. The highest BCUT2D eigenvalue weighted by Gasteiger charge is 2.45. The highest BCUT2D eigenvalue weighted by atomic mass is 35.5. The number of fused-ring (bicyclic) bond motifs is 2. The van der Waals surface area contributed by atoms with Gasteiger partial charge in [-0.25, -0.2) is 9.78 Å². The maximum atomic E-state index is 13.7. The number of carbonyl (C=O) groups is 2. The Morgan fingerprint density at radius 2 is 1.83 bits per heavy atom. The normalized spacial score (nSPS) is 16.3. The van der Waals surface area contributed by atoms with Crippen LogP contribution in [0.5, 0.6) is 0 Å². The summed E-state index contributed by atoms with van der Waals surface area (Å²) in [6.07, 6.45) is -5.22. The number of benzene rings is 2. The molecule has 42 heavy (non-hydrogen) atoms. The Labute approximate surface area is 247 Å². The predicted molar refractivity (Wildman–Crippen MR) is 153 cm³/mol. The minimum absolute atomic E-state index is 0.0770. The van der Waals surface area contributed by atoms with Crippen molar-refractivity contribution in [2.75, 3.05) is 49.5 Å². The van der Waals surface area contributed by atoms with E-state index in [-0.39, 0.29) is 10.6 Å². The third-order valence-electron chi connectivity index (χ3n) is 7.22. The van der Waals surface area contributed by atoms with Crippen LogP contribution in [-0.2, 0) is 20.9 Å². The lowest BCUT2D eigenvalue weighted by atomic mass is 10.1. The minimum atomic E-state index is -5.22. The van der Waals surface area contributed by atoms with Crippen molar-refractivity contribution < 1.29 is 32.3 Å². The molecule has 14 heteroatoms. The number of aromatic nitrogens is 2. The molecule has 2 aromatic carbocycles. The third kappa shape index (κ3) is 5.56. The van der Waals surface area contributed by atoms with Crippen LogP contribution in [0.15, 0.2) is 48.5 Å². The monoisotopic (exact) mass is 619 g/mol. The van der Waals surface area contributed by atoms with Crippen molar-refractivity contribution in [1.29, 1.82) is 0 Å². The van der Waals surface area contributed by atoms with Crippen LogP contribution >= 0.6 is 22.9 Å². The molecular weight excluding hydrogens is 595 g/mol. The van der Waals surface area contributed by atoms with Crippen molar-refractivity contribution in [2.24, 2.45) is 0 Å².